The lowest BCUT2D eigenvalue weighted by molar-refractivity contribution is -0.143. The number of aryl methyl sites for hydroxylation is 1. The fraction of sp³-hybridized carbons (Fsp3) is 0.261. The van der Waals surface area contributed by atoms with Crippen molar-refractivity contribution in [2.45, 2.75) is 26.9 Å². The largest absolute Gasteiger partial charge is 0.434 e. The molecule has 0 radical (unpaired) electrons. The number of aromatic nitrogens is 2. The number of halogens is 4. The molecule has 0 unspecified atom stereocenters. The van der Waals surface area contributed by atoms with Crippen LogP contribution in [0.5, 0.6) is 0 Å². The van der Waals surface area contributed by atoms with Crippen LogP contribution < -0.4 is 10.6 Å². The van der Waals surface area contributed by atoms with Crippen LogP contribution >= 0.6 is 11.6 Å². The van der Waals surface area contributed by atoms with Gasteiger partial charge in [-0.1, -0.05) is 25.4 Å². The number of carbonyl (C=O) groups excluding carboxylic acids is 2. The van der Waals surface area contributed by atoms with Gasteiger partial charge in [0.2, 0.25) is 0 Å². The second-order valence-corrected chi connectivity index (χ2v) is 8.32. The van der Waals surface area contributed by atoms with Crippen molar-refractivity contribution in [2.75, 3.05) is 11.9 Å². The SMILES string of the molecule is Cc1cc(C(=O)NCC(C)C)ccc1NC(=O)c1cnn(-c2ccc(Cl)cc2)c1C(F)(F)F. The third kappa shape index (κ3) is 5.73. The smallest absolute Gasteiger partial charge is 0.352 e. The molecule has 3 rings (SSSR count). The molecule has 0 saturated carbocycles. The first-order chi connectivity index (χ1) is 15.5. The van der Waals surface area contributed by atoms with E-state index in [1.54, 1.807) is 13.0 Å². The molecular formula is C23H22ClF3N4O2. The van der Waals surface area contributed by atoms with Gasteiger partial charge in [-0.15, -0.1) is 0 Å². The Bertz CT molecular complexity index is 1170. The summed E-state index contributed by atoms with van der Waals surface area (Å²) >= 11 is 5.81. The van der Waals surface area contributed by atoms with E-state index >= 15 is 0 Å². The summed E-state index contributed by atoms with van der Waals surface area (Å²) in [4.78, 5) is 25.0. The first-order valence-corrected chi connectivity index (χ1v) is 10.5. The molecule has 0 aliphatic heterocycles. The molecule has 0 saturated heterocycles. The van der Waals surface area contributed by atoms with Gasteiger partial charge < -0.3 is 10.6 Å². The predicted molar refractivity (Wildman–Crippen MR) is 120 cm³/mol. The van der Waals surface area contributed by atoms with Gasteiger partial charge in [0.05, 0.1) is 17.4 Å². The molecule has 1 aromatic heterocycles. The van der Waals surface area contributed by atoms with Crippen LogP contribution in [0, 0.1) is 12.8 Å². The van der Waals surface area contributed by atoms with Gasteiger partial charge in [-0.2, -0.15) is 18.3 Å². The number of alkyl halides is 3. The van der Waals surface area contributed by atoms with Crippen molar-refractivity contribution in [3.05, 3.63) is 76.1 Å². The Labute approximate surface area is 193 Å². The van der Waals surface area contributed by atoms with Crippen LogP contribution in [0.4, 0.5) is 18.9 Å². The average Bonchev–Trinajstić information content (AvgIpc) is 3.20. The average molecular weight is 479 g/mol. The standard InChI is InChI=1S/C23H22ClF3N4O2/c1-13(2)11-28-21(32)15-4-9-19(14(3)10-15)30-22(33)18-12-29-31(20(18)23(25,26)27)17-7-5-16(24)6-8-17/h4-10,12-13H,11H2,1-3H3,(H,28,32)(H,30,33). The predicted octanol–water partition coefficient (Wildman–Crippen LogP) is 5.49. The Morgan fingerprint density at radius 1 is 1.09 bits per heavy atom. The second-order valence-electron chi connectivity index (χ2n) is 7.88. The van der Waals surface area contributed by atoms with Gasteiger partial charge in [-0.05, 0) is 60.9 Å². The van der Waals surface area contributed by atoms with Crippen LogP contribution in [0.15, 0.2) is 48.7 Å². The highest BCUT2D eigenvalue weighted by molar-refractivity contribution is 6.30. The third-order valence-electron chi connectivity index (χ3n) is 4.76. The summed E-state index contributed by atoms with van der Waals surface area (Å²) in [5.74, 6) is -0.957. The number of benzene rings is 2. The van der Waals surface area contributed by atoms with Crippen molar-refractivity contribution < 1.29 is 22.8 Å². The lowest BCUT2D eigenvalue weighted by Crippen LogP contribution is -2.27. The molecule has 2 aromatic carbocycles. The van der Waals surface area contributed by atoms with Crippen LogP contribution in [0.2, 0.25) is 5.02 Å². The minimum Gasteiger partial charge on any atom is -0.352 e. The number of hydrogen-bond acceptors (Lipinski definition) is 3. The molecule has 0 fully saturated rings. The van der Waals surface area contributed by atoms with Crippen molar-refractivity contribution in [2.24, 2.45) is 5.92 Å². The highest BCUT2D eigenvalue weighted by Gasteiger charge is 2.40. The molecule has 1 heterocycles. The highest BCUT2D eigenvalue weighted by atomic mass is 35.5. The lowest BCUT2D eigenvalue weighted by Gasteiger charge is -2.14. The molecule has 0 spiro atoms. The normalized spacial score (nSPS) is 11.5. The summed E-state index contributed by atoms with van der Waals surface area (Å²) in [6.45, 7) is 6.09. The number of carbonyl (C=O) groups is 2. The Morgan fingerprint density at radius 2 is 1.76 bits per heavy atom. The molecule has 0 bridgehead atoms. The minimum absolute atomic E-state index is 0.110. The van der Waals surface area contributed by atoms with Gasteiger partial charge in [-0.3, -0.25) is 9.59 Å². The Kier molecular flexibility index (Phi) is 7.12. The van der Waals surface area contributed by atoms with E-state index in [1.807, 2.05) is 13.8 Å². The first-order valence-electron chi connectivity index (χ1n) is 10.1. The number of hydrogen-bond donors (Lipinski definition) is 2. The van der Waals surface area contributed by atoms with Gasteiger partial charge >= 0.3 is 6.18 Å². The van der Waals surface area contributed by atoms with Crippen molar-refractivity contribution in [1.82, 2.24) is 15.1 Å². The molecule has 6 nitrogen and oxygen atoms in total. The van der Waals surface area contributed by atoms with Gasteiger partial charge in [0.25, 0.3) is 11.8 Å². The Morgan fingerprint density at radius 3 is 2.33 bits per heavy atom. The van der Waals surface area contributed by atoms with Crippen molar-refractivity contribution in [3.63, 3.8) is 0 Å². The number of nitrogens with one attached hydrogen (secondary N) is 2. The van der Waals surface area contributed by atoms with E-state index in [9.17, 15) is 22.8 Å². The minimum atomic E-state index is -4.84. The highest BCUT2D eigenvalue weighted by Crippen LogP contribution is 2.34. The van der Waals surface area contributed by atoms with Crippen molar-refractivity contribution in [3.8, 4) is 5.69 Å². The fourth-order valence-electron chi connectivity index (χ4n) is 3.10. The maximum absolute atomic E-state index is 13.8. The molecule has 0 aliphatic carbocycles. The lowest BCUT2D eigenvalue weighted by atomic mass is 10.1. The Hall–Kier alpha value is -3.33. The fourth-order valence-corrected chi connectivity index (χ4v) is 3.23. The number of anilines is 1. The third-order valence-corrected chi connectivity index (χ3v) is 5.01. The van der Waals surface area contributed by atoms with E-state index in [0.29, 0.717) is 27.4 Å². The van der Waals surface area contributed by atoms with E-state index < -0.39 is 23.3 Å². The molecule has 10 heteroatoms. The van der Waals surface area contributed by atoms with Gasteiger partial charge in [0.1, 0.15) is 0 Å². The van der Waals surface area contributed by atoms with Crippen LogP contribution in [-0.2, 0) is 6.18 Å². The number of rotatable bonds is 6. The quantitative estimate of drug-likeness (QED) is 0.492. The summed E-state index contributed by atoms with van der Waals surface area (Å²) in [5.41, 5.74) is -0.524. The van der Waals surface area contributed by atoms with E-state index in [4.69, 9.17) is 11.6 Å². The molecule has 2 amide bonds. The summed E-state index contributed by atoms with van der Waals surface area (Å²) < 4.78 is 42.2. The second kappa shape index (κ2) is 9.66. The van der Waals surface area contributed by atoms with E-state index in [2.05, 4.69) is 15.7 Å². The molecule has 2 N–H and O–H groups in total. The van der Waals surface area contributed by atoms with Crippen LogP contribution in [0.1, 0.15) is 45.8 Å². The molecule has 0 atom stereocenters. The van der Waals surface area contributed by atoms with Crippen molar-refractivity contribution in [1.29, 1.82) is 0 Å². The van der Waals surface area contributed by atoms with Crippen molar-refractivity contribution >= 4 is 29.1 Å². The molecule has 3 aromatic rings. The zero-order valence-electron chi connectivity index (χ0n) is 18.1. The maximum atomic E-state index is 13.8. The van der Waals surface area contributed by atoms with Gasteiger partial charge in [0.15, 0.2) is 5.69 Å². The topological polar surface area (TPSA) is 76.0 Å². The van der Waals surface area contributed by atoms with Gasteiger partial charge in [-0.25, -0.2) is 4.68 Å². The van der Waals surface area contributed by atoms with Crippen LogP contribution in [-0.4, -0.2) is 28.1 Å². The Balaban J connectivity index is 1.87. The summed E-state index contributed by atoms with van der Waals surface area (Å²) in [7, 11) is 0. The number of amides is 2. The van der Waals surface area contributed by atoms with E-state index in [0.717, 1.165) is 6.20 Å². The first kappa shape index (κ1) is 24.3. The van der Waals surface area contributed by atoms with Gasteiger partial charge in [0, 0.05) is 22.8 Å². The number of nitrogens with zero attached hydrogens (tertiary/aromatic N) is 2. The summed E-state index contributed by atoms with van der Waals surface area (Å²) in [5, 5.41) is 9.41. The summed E-state index contributed by atoms with van der Waals surface area (Å²) in [6, 6.07) is 10.2. The monoisotopic (exact) mass is 478 g/mol. The zero-order chi connectivity index (χ0) is 24.3. The molecule has 0 aliphatic rings. The molecular weight excluding hydrogens is 457 g/mol. The van der Waals surface area contributed by atoms with E-state index in [1.165, 1.54) is 36.4 Å². The summed E-state index contributed by atoms with van der Waals surface area (Å²) in [6.07, 6.45) is -3.97. The molecule has 174 valence electrons. The molecule has 33 heavy (non-hydrogen) atoms. The van der Waals surface area contributed by atoms with Crippen LogP contribution in [0.3, 0.4) is 0 Å². The zero-order valence-corrected chi connectivity index (χ0v) is 18.9. The maximum Gasteiger partial charge on any atom is 0.434 e. The van der Waals surface area contributed by atoms with Crippen LogP contribution in [0.25, 0.3) is 5.69 Å². The van der Waals surface area contributed by atoms with E-state index in [-0.39, 0.29) is 23.2 Å².